The van der Waals surface area contributed by atoms with Gasteiger partial charge in [-0.3, -0.25) is 19.4 Å². The number of nitrogens with one attached hydrogen (secondary N) is 4. The fourth-order valence-corrected chi connectivity index (χ4v) is 14.2. The zero-order chi connectivity index (χ0) is 63.3. The first kappa shape index (κ1) is 60.1. The third kappa shape index (κ3) is 12.2. The minimum absolute atomic E-state index is 0.0811. The number of imidazole rings is 2. The van der Waals surface area contributed by atoms with Crippen molar-refractivity contribution in [2.45, 2.75) is 167 Å². The van der Waals surface area contributed by atoms with Gasteiger partial charge in [0.15, 0.2) is 23.0 Å². The number of likely N-dealkylation sites (tertiary alicyclic amines) is 2. The molecule has 6 amide bonds. The molecule has 14 rings (SSSR count). The van der Waals surface area contributed by atoms with Gasteiger partial charge in [0.25, 0.3) is 0 Å². The quantitative estimate of drug-likeness (QED) is 0.0696. The standard InChI is InChI=1S/C68H76N10O14/c1-37(2)57(73-65(81)89-45-9-5-6-10-45)63(79)77-31-47(91-67(83)75-29-43-21-23-55-59(49(43)33-75)87-35-85-55)25-53(77)61-69-27-51(71-61)41-17-13-39(14-18-41)40-15-19-42(20-16-40)52-28-70-62(72-52)54-26-48(92-68(84)76-30-44-22-24-56-60(50(44)34-76)88-36-86-56)32-78(54)64(80)58(38(3)4)74-66(82)90-46-11-7-8-12-46/h13-24,27-28,37-38,45-48,53-54,57-58H,5-12,25-26,29-36H2,1-4H3,(H,69,71)(H,70,72)(H,73,81)(H,74,82)/t47-,48-,53+,54+,57+,58+/m1/s1. The molecule has 6 aromatic rings. The van der Waals surface area contributed by atoms with Crippen LogP contribution >= 0.6 is 0 Å². The summed E-state index contributed by atoms with van der Waals surface area (Å²) in [5, 5.41) is 5.74. The molecule has 4 N–H and O–H groups in total. The molecule has 482 valence electrons. The van der Waals surface area contributed by atoms with Crippen molar-refractivity contribution in [3.63, 3.8) is 0 Å². The third-order valence-electron chi connectivity index (χ3n) is 19.1. The van der Waals surface area contributed by atoms with Crippen molar-refractivity contribution < 1.29 is 66.7 Å². The number of benzene rings is 4. The largest absolute Gasteiger partial charge is 0.454 e. The van der Waals surface area contributed by atoms with E-state index < -0.39 is 60.7 Å². The summed E-state index contributed by atoms with van der Waals surface area (Å²) < 4.78 is 46.5. The van der Waals surface area contributed by atoms with E-state index in [1.54, 1.807) is 32.0 Å². The molecule has 6 atom stereocenters. The van der Waals surface area contributed by atoms with E-state index in [1.807, 2.05) is 100 Å². The van der Waals surface area contributed by atoms with Crippen molar-refractivity contribution in [1.82, 2.24) is 50.2 Å². The summed E-state index contributed by atoms with van der Waals surface area (Å²) >= 11 is 0. The van der Waals surface area contributed by atoms with Gasteiger partial charge in [0, 0.05) is 48.8 Å². The van der Waals surface area contributed by atoms with Crippen LogP contribution in [0.15, 0.2) is 85.2 Å². The number of aromatic nitrogens is 4. The van der Waals surface area contributed by atoms with E-state index in [9.17, 15) is 28.8 Å². The number of hydrogen-bond acceptors (Lipinski definition) is 16. The van der Waals surface area contributed by atoms with E-state index in [4.69, 9.17) is 47.9 Å². The second-order valence-corrected chi connectivity index (χ2v) is 25.9. The predicted octanol–water partition coefficient (Wildman–Crippen LogP) is 10.6. The Labute approximate surface area is 531 Å². The summed E-state index contributed by atoms with van der Waals surface area (Å²) in [5.41, 5.74) is 8.62. The maximum absolute atomic E-state index is 14.7. The predicted molar refractivity (Wildman–Crippen MR) is 330 cm³/mol. The van der Waals surface area contributed by atoms with Crippen molar-refractivity contribution >= 4 is 36.2 Å². The molecule has 2 saturated heterocycles. The van der Waals surface area contributed by atoms with Crippen LogP contribution in [0.25, 0.3) is 33.6 Å². The van der Waals surface area contributed by atoms with Crippen LogP contribution < -0.4 is 29.6 Å². The van der Waals surface area contributed by atoms with Crippen LogP contribution in [0, 0.1) is 11.8 Å². The Morgan fingerprint density at radius 3 is 1.47 bits per heavy atom. The van der Waals surface area contributed by atoms with Crippen molar-refractivity contribution in [3.8, 4) is 56.6 Å². The average molecular weight is 1260 g/mol. The fourth-order valence-electron chi connectivity index (χ4n) is 14.2. The number of nitrogens with zero attached hydrogens (tertiary/aromatic N) is 6. The molecule has 0 bridgehead atoms. The number of alkyl carbamates (subject to hydrolysis) is 2. The van der Waals surface area contributed by atoms with E-state index in [1.165, 1.54) is 0 Å². The number of H-pyrrole nitrogens is 2. The Hall–Kier alpha value is -9.48. The smallest absolute Gasteiger partial charge is 0.410 e. The lowest BCUT2D eigenvalue weighted by atomic mass is 10.0. The molecule has 2 saturated carbocycles. The molecule has 24 heteroatoms. The molecule has 92 heavy (non-hydrogen) atoms. The molecule has 4 aromatic carbocycles. The van der Waals surface area contributed by atoms with Gasteiger partial charge in [0.05, 0.1) is 55.8 Å². The molecule has 24 nitrogen and oxygen atoms in total. The molecule has 0 radical (unpaired) electrons. The maximum Gasteiger partial charge on any atom is 0.410 e. The molecule has 2 aliphatic carbocycles. The summed E-state index contributed by atoms with van der Waals surface area (Å²) in [6.45, 7) is 9.16. The highest BCUT2D eigenvalue weighted by Crippen LogP contribution is 2.45. The van der Waals surface area contributed by atoms with Crippen molar-refractivity contribution in [2.75, 3.05) is 26.7 Å². The number of rotatable bonds is 15. The van der Waals surface area contributed by atoms with Crippen LogP contribution in [0.3, 0.4) is 0 Å². The van der Waals surface area contributed by atoms with E-state index in [0.717, 1.165) is 95.9 Å². The van der Waals surface area contributed by atoms with E-state index in [2.05, 4.69) is 20.6 Å². The normalized spacial score (nSPS) is 21.2. The van der Waals surface area contributed by atoms with Gasteiger partial charge in [-0.05, 0) is 103 Å². The number of carbonyl (C=O) groups excluding carboxylic acids is 6. The Balaban J connectivity index is 0.656. The SMILES string of the molecule is CC(C)[C@H](NC(=O)OC1CCCC1)C(=O)N1C[C@H](OC(=O)N2Cc3ccc4c(c3C2)OCO4)C[C@H]1c1nc(-c2ccc(-c3ccc(-c4cnc([C@@H]5C[C@@H](OC(=O)N6Cc7ccc8c(c7C6)OCO8)CN5C(=O)[C@@H](NC(=O)OC5CCCC5)C(C)C)[nH]4)cc3)cc2)c[nH]1. The van der Waals surface area contributed by atoms with Crippen LogP contribution in [-0.4, -0.2) is 139 Å². The van der Waals surface area contributed by atoms with Crippen LogP contribution in [-0.2, 0) is 54.7 Å². The van der Waals surface area contributed by atoms with Gasteiger partial charge in [0.1, 0.15) is 48.1 Å². The number of fused-ring (bicyclic) bond motifs is 6. The minimum atomic E-state index is -0.916. The summed E-state index contributed by atoms with van der Waals surface area (Å²) in [6, 6.07) is 20.5. The van der Waals surface area contributed by atoms with Crippen LogP contribution in [0.4, 0.5) is 19.2 Å². The highest BCUT2D eigenvalue weighted by molar-refractivity contribution is 5.88. The van der Waals surface area contributed by atoms with Crippen LogP contribution in [0.1, 0.15) is 138 Å². The first-order valence-corrected chi connectivity index (χ1v) is 32.2. The van der Waals surface area contributed by atoms with Gasteiger partial charge in [0.2, 0.25) is 25.4 Å². The first-order valence-electron chi connectivity index (χ1n) is 32.2. The topological polar surface area (TPSA) is 271 Å². The Morgan fingerprint density at radius 1 is 0.533 bits per heavy atom. The van der Waals surface area contributed by atoms with Crippen molar-refractivity contribution in [1.29, 1.82) is 0 Å². The first-order chi connectivity index (χ1) is 44.6. The molecular weight excluding hydrogens is 1180 g/mol. The number of carbonyl (C=O) groups is 6. The highest BCUT2D eigenvalue weighted by atomic mass is 16.7. The molecule has 8 aliphatic rings. The zero-order valence-corrected chi connectivity index (χ0v) is 52.0. The molecule has 0 unspecified atom stereocenters. The Bertz CT molecular complexity index is 3540. The van der Waals surface area contributed by atoms with Gasteiger partial charge in [-0.2, -0.15) is 0 Å². The van der Waals surface area contributed by atoms with Gasteiger partial charge in [-0.1, -0.05) is 88.4 Å². The lowest BCUT2D eigenvalue weighted by molar-refractivity contribution is -0.136. The molecule has 6 aliphatic heterocycles. The van der Waals surface area contributed by atoms with Crippen LogP contribution in [0.2, 0.25) is 0 Å². The van der Waals surface area contributed by atoms with E-state index >= 15 is 0 Å². The minimum Gasteiger partial charge on any atom is -0.454 e. The van der Waals surface area contributed by atoms with Gasteiger partial charge >= 0.3 is 24.4 Å². The van der Waals surface area contributed by atoms with E-state index in [0.29, 0.717) is 72.2 Å². The van der Waals surface area contributed by atoms with Gasteiger partial charge in [-0.25, -0.2) is 29.1 Å². The zero-order valence-electron chi connectivity index (χ0n) is 52.0. The summed E-state index contributed by atoms with van der Waals surface area (Å²) in [4.78, 5) is 107. The molecule has 0 spiro atoms. The summed E-state index contributed by atoms with van der Waals surface area (Å²) in [6.07, 6.45) is 7.14. The Kier molecular flexibility index (Phi) is 16.5. The lowest BCUT2D eigenvalue weighted by Gasteiger charge is -2.30. The molecule has 4 fully saturated rings. The maximum atomic E-state index is 14.7. The van der Waals surface area contributed by atoms with Gasteiger partial charge in [-0.15, -0.1) is 0 Å². The summed E-state index contributed by atoms with van der Waals surface area (Å²) in [5.74, 6) is 2.34. The van der Waals surface area contributed by atoms with Gasteiger partial charge < -0.3 is 68.3 Å². The Morgan fingerprint density at radius 2 is 0.989 bits per heavy atom. The molecular formula is C68H76N10O14. The highest BCUT2D eigenvalue weighted by Gasteiger charge is 2.47. The fraction of sp³-hybridized carbons (Fsp3) is 0.471. The third-order valence-corrected chi connectivity index (χ3v) is 19.1. The van der Waals surface area contributed by atoms with Crippen molar-refractivity contribution in [3.05, 3.63) is 119 Å². The molecule has 8 heterocycles. The van der Waals surface area contributed by atoms with E-state index in [-0.39, 0.29) is 75.4 Å². The van der Waals surface area contributed by atoms with Crippen molar-refractivity contribution in [2.24, 2.45) is 11.8 Å². The second-order valence-electron chi connectivity index (χ2n) is 25.9. The summed E-state index contributed by atoms with van der Waals surface area (Å²) in [7, 11) is 0. The lowest BCUT2D eigenvalue weighted by Crippen LogP contribution is -2.52. The number of hydrogen-bond donors (Lipinski definition) is 4. The second kappa shape index (κ2) is 25.3. The molecule has 2 aromatic heterocycles. The number of ether oxygens (including phenoxy) is 8. The monoisotopic (exact) mass is 1260 g/mol. The number of aromatic amines is 2. The number of amides is 6. The van der Waals surface area contributed by atoms with Crippen LogP contribution in [0.5, 0.6) is 23.0 Å². The average Bonchev–Trinajstić information content (AvgIpc) is 1.66.